The van der Waals surface area contributed by atoms with Crippen LogP contribution in [0, 0.1) is 24.0 Å². The van der Waals surface area contributed by atoms with Crippen molar-refractivity contribution < 1.29 is 22.9 Å². The number of nitro benzene ring substituents is 1. The van der Waals surface area contributed by atoms with E-state index < -0.39 is 34.7 Å². The second kappa shape index (κ2) is 9.65. The van der Waals surface area contributed by atoms with Gasteiger partial charge in [-0.1, -0.05) is 42.5 Å². The van der Waals surface area contributed by atoms with Crippen LogP contribution >= 0.6 is 0 Å². The maximum Gasteiger partial charge on any atom is 0.416 e. The molecule has 7 nitrogen and oxygen atoms in total. The van der Waals surface area contributed by atoms with Crippen molar-refractivity contribution in [3.05, 3.63) is 105 Å². The van der Waals surface area contributed by atoms with E-state index in [9.17, 15) is 28.1 Å². The average Bonchev–Trinajstić information content (AvgIpc) is 3.10. The lowest BCUT2D eigenvalue weighted by Gasteiger charge is -2.13. The Morgan fingerprint density at radius 1 is 1.08 bits per heavy atom. The smallest absolute Gasteiger partial charge is 0.317 e. The number of nitrogens with zero attached hydrogens (tertiary/aromatic N) is 3. The van der Waals surface area contributed by atoms with E-state index in [-0.39, 0.29) is 5.56 Å². The van der Waals surface area contributed by atoms with E-state index in [0.717, 1.165) is 39.5 Å². The van der Waals surface area contributed by atoms with Crippen molar-refractivity contribution in [2.24, 2.45) is 5.10 Å². The minimum atomic E-state index is -4.73. The fourth-order valence-electron chi connectivity index (χ4n) is 4.14. The minimum absolute atomic E-state index is 0.144. The van der Waals surface area contributed by atoms with Gasteiger partial charge in [-0.3, -0.25) is 14.9 Å². The molecular formula is C26H21F3N4O3. The molecule has 3 aromatic carbocycles. The Labute approximate surface area is 204 Å². The fraction of sp³-hybridized carbons (Fsp3) is 0.154. The number of nitrogens with one attached hydrogen (secondary N) is 1. The molecule has 0 radical (unpaired) electrons. The lowest BCUT2D eigenvalue weighted by atomic mass is 10.1. The van der Waals surface area contributed by atoms with Crippen LogP contribution < -0.4 is 5.43 Å². The predicted molar refractivity (Wildman–Crippen MR) is 130 cm³/mol. The van der Waals surface area contributed by atoms with Gasteiger partial charge in [0.15, 0.2) is 0 Å². The summed E-state index contributed by atoms with van der Waals surface area (Å²) in [7, 11) is 0. The summed E-state index contributed by atoms with van der Waals surface area (Å²) in [4.78, 5) is 22.6. The lowest BCUT2D eigenvalue weighted by molar-refractivity contribution is -0.385. The van der Waals surface area contributed by atoms with Gasteiger partial charge in [-0.2, -0.15) is 18.3 Å². The third kappa shape index (κ3) is 4.97. The highest BCUT2D eigenvalue weighted by molar-refractivity contribution is 5.91. The van der Waals surface area contributed by atoms with E-state index in [1.54, 1.807) is 0 Å². The molecule has 0 aliphatic carbocycles. The summed E-state index contributed by atoms with van der Waals surface area (Å²) < 4.78 is 40.7. The first-order valence-electron chi connectivity index (χ1n) is 10.9. The van der Waals surface area contributed by atoms with Crippen molar-refractivity contribution in [2.45, 2.75) is 26.4 Å². The molecule has 184 valence electrons. The summed E-state index contributed by atoms with van der Waals surface area (Å²) in [5.74, 6) is -0.697. The summed E-state index contributed by atoms with van der Waals surface area (Å²) in [5, 5.41) is 17.4. The van der Waals surface area contributed by atoms with Crippen LogP contribution in [0.25, 0.3) is 16.5 Å². The van der Waals surface area contributed by atoms with Crippen LogP contribution in [0.2, 0.25) is 0 Å². The highest BCUT2D eigenvalue weighted by atomic mass is 19.4. The number of carbonyl (C=O) groups excluding carboxylic acids is 1. The molecule has 4 rings (SSSR count). The molecule has 1 aromatic heterocycles. The second-order valence-electron chi connectivity index (χ2n) is 8.23. The van der Waals surface area contributed by atoms with Crippen LogP contribution in [0.1, 0.15) is 28.1 Å². The van der Waals surface area contributed by atoms with Gasteiger partial charge in [-0.15, -0.1) is 0 Å². The normalized spacial score (nSPS) is 11.8. The highest BCUT2D eigenvalue weighted by Crippen LogP contribution is 2.33. The molecule has 0 unspecified atom stereocenters. The van der Waals surface area contributed by atoms with E-state index in [1.807, 2.05) is 62.4 Å². The van der Waals surface area contributed by atoms with Crippen molar-refractivity contribution >= 4 is 28.6 Å². The topological polar surface area (TPSA) is 89.5 Å². The fourth-order valence-corrected chi connectivity index (χ4v) is 4.14. The van der Waals surface area contributed by atoms with Crippen molar-refractivity contribution in [1.82, 2.24) is 9.99 Å². The number of aryl methyl sites for hydroxylation is 1. The molecule has 1 heterocycles. The Morgan fingerprint density at radius 3 is 2.53 bits per heavy atom. The molecule has 0 spiro atoms. The SMILES string of the molecule is Cc1cc(C=NNC(=O)Cc2ccc(C(F)(F)F)cc2[N+](=O)[O-])c(C)n1-c1cccc2ccccc12. The monoisotopic (exact) mass is 494 g/mol. The molecule has 0 atom stereocenters. The zero-order valence-corrected chi connectivity index (χ0v) is 19.3. The molecule has 0 saturated heterocycles. The van der Waals surface area contributed by atoms with E-state index >= 15 is 0 Å². The molecule has 0 bridgehead atoms. The van der Waals surface area contributed by atoms with Gasteiger partial charge in [0.2, 0.25) is 5.91 Å². The first-order valence-corrected chi connectivity index (χ1v) is 10.9. The Bertz CT molecular complexity index is 1500. The molecule has 0 fully saturated rings. The molecule has 4 aromatic rings. The van der Waals surface area contributed by atoms with Gasteiger partial charge in [0.05, 0.1) is 28.8 Å². The van der Waals surface area contributed by atoms with Crippen molar-refractivity contribution in [3.8, 4) is 5.69 Å². The van der Waals surface area contributed by atoms with E-state index in [0.29, 0.717) is 12.1 Å². The summed E-state index contributed by atoms with van der Waals surface area (Å²) in [6.45, 7) is 3.87. The maximum atomic E-state index is 12.9. The standard InChI is InChI=1S/C26H21F3N4O3/c1-16-12-20(17(2)32(16)23-9-5-7-18-6-3-4-8-22(18)23)15-30-31-25(34)13-19-10-11-21(26(27,28)29)14-24(19)33(35)36/h3-12,14-15H,13H2,1-2H3,(H,31,34). The number of benzene rings is 3. The van der Waals surface area contributed by atoms with Gasteiger partial charge in [-0.25, -0.2) is 5.43 Å². The van der Waals surface area contributed by atoms with E-state index in [1.165, 1.54) is 6.21 Å². The molecule has 10 heteroatoms. The Kier molecular flexibility index (Phi) is 6.61. The van der Waals surface area contributed by atoms with Crippen LogP contribution in [-0.2, 0) is 17.4 Å². The molecule has 0 saturated carbocycles. The van der Waals surface area contributed by atoms with Crippen LogP contribution in [0.5, 0.6) is 0 Å². The third-order valence-corrected chi connectivity index (χ3v) is 5.83. The Morgan fingerprint density at radius 2 is 1.81 bits per heavy atom. The number of hydrogen-bond donors (Lipinski definition) is 1. The van der Waals surface area contributed by atoms with E-state index in [4.69, 9.17) is 0 Å². The Hall–Kier alpha value is -4.47. The number of rotatable bonds is 6. The summed E-state index contributed by atoms with van der Waals surface area (Å²) in [6.07, 6.45) is -3.77. The summed E-state index contributed by atoms with van der Waals surface area (Å²) in [5.41, 5.74) is 3.82. The number of nitro groups is 1. The Balaban J connectivity index is 1.52. The highest BCUT2D eigenvalue weighted by Gasteiger charge is 2.33. The number of amides is 1. The van der Waals surface area contributed by atoms with Gasteiger partial charge in [0, 0.05) is 34.0 Å². The summed E-state index contributed by atoms with van der Waals surface area (Å²) >= 11 is 0. The number of halogens is 3. The zero-order valence-electron chi connectivity index (χ0n) is 19.3. The van der Waals surface area contributed by atoms with Crippen molar-refractivity contribution in [1.29, 1.82) is 0 Å². The predicted octanol–water partition coefficient (Wildman–Crippen LogP) is 5.87. The number of hydrazone groups is 1. The van der Waals surface area contributed by atoms with Crippen molar-refractivity contribution in [3.63, 3.8) is 0 Å². The van der Waals surface area contributed by atoms with Gasteiger partial charge in [0.25, 0.3) is 5.69 Å². The van der Waals surface area contributed by atoms with Crippen LogP contribution in [0.3, 0.4) is 0 Å². The number of carbonyl (C=O) groups is 1. The molecule has 0 aliphatic heterocycles. The largest absolute Gasteiger partial charge is 0.416 e. The molecule has 0 aliphatic rings. The number of alkyl halides is 3. The summed E-state index contributed by atoms with van der Waals surface area (Å²) in [6, 6.07) is 18.0. The quantitative estimate of drug-likeness (QED) is 0.207. The van der Waals surface area contributed by atoms with E-state index in [2.05, 4.69) is 15.1 Å². The molecule has 1 amide bonds. The second-order valence-corrected chi connectivity index (χ2v) is 8.23. The van der Waals surface area contributed by atoms with Crippen LogP contribution in [0.15, 0.2) is 71.8 Å². The van der Waals surface area contributed by atoms with Gasteiger partial charge in [0.1, 0.15) is 0 Å². The first kappa shape index (κ1) is 24.6. The van der Waals surface area contributed by atoms with Crippen LogP contribution in [-0.4, -0.2) is 21.6 Å². The lowest BCUT2D eigenvalue weighted by Crippen LogP contribution is -2.20. The molecule has 1 N–H and O–H groups in total. The average molecular weight is 494 g/mol. The number of hydrogen-bond acceptors (Lipinski definition) is 4. The first-order chi connectivity index (χ1) is 17.1. The number of fused-ring (bicyclic) bond motifs is 1. The zero-order chi connectivity index (χ0) is 26.0. The van der Waals surface area contributed by atoms with Gasteiger partial charge >= 0.3 is 6.18 Å². The molecular weight excluding hydrogens is 473 g/mol. The third-order valence-electron chi connectivity index (χ3n) is 5.83. The molecule has 36 heavy (non-hydrogen) atoms. The van der Waals surface area contributed by atoms with Crippen molar-refractivity contribution in [2.75, 3.05) is 0 Å². The minimum Gasteiger partial charge on any atom is -0.317 e. The van der Waals surface area contributed by atoms with Gasteiger partial charge in [-0.05, 0) is 37.4 Å². The number of aromatic nitrogens is 1. The van der Waals surface area contributed by atoms with Crippen LogP contribution in [0.4, 0.5) is 18.9 Å². The maximum absolute atomic E-state index is 12.9. The van der Waals surface area contributed by atoms with Gasteiger partial charge < -0.3 is 4.57 Å².